The number of amides is 1. The van der Waals surface area contributed by atoms with E-state index in [1.165, 1.54) is 4.90 Å². The van der Waals surface area contributed by atoms with E-state index in [9.17, 15) is 9.59 Å². The van der Waals surface area contributed by atoms with Gasteiger partial charge in [0, 0.05) is 16.7 Å². The first-order chi connectivity index (χ1) is 9.32. The molecule has 20 heavy (non-hydrogen) atoms. The Labute approximate surface area is 132 Å². The van der Waals surface area contributed by atoms with Crippen LogP contribution < -0.4 is 0 Å². The highest BCUT2D eigenvalue weighted by Crippen LogP contribution is 2.18. The third-order valence-corrected chi connectivity index (χ3v) is 4.28. The van der Waals surface area contributed by atoms with Crippen molar-refractivity contribution in [2.24, 2.45) is 0 Å². The molecule has 0 unspecified atom stereocenters. The Morgan fingerprint density at radius 1 is 1.25 bits per heavy atom. The zero-order valence-corrected chi connectivity index (χ0v) is 14.0. The van der Waals surface area contributed by atoms with E-state index in [0.717, 1.165) is 9.13 Å². The summed E-state index contributed by atoms with van der Waals surface area (Å²) in [7, 11) is 3.78. The first kappa shape index (κ1) is 16.9. The van der Waals surface area contributed by atoms with Gasteiger partial charge in [-0.1, -0.05) is 12.1 Å². The average molecular weight is 390 g/mol. The molecule has 0 aromatic heterocycles. The number of aryl methyl sites for hydroxylation is 1. The molecule has 1 N–H and O–H groups in total. The van der Waals surface area contributed by atoms with E-state index >= 15 is 0 Å². The fourth-order valence-electron chi connectivity index (χ4n) is 1.72. The number of hydrogen-bond donors (Lipinski definition) is 1. The summed E-state index contributed by atoms with van der Waals surface area (Å²) in [5.74, 6) is -1.23. The molecule has 0 saturated heterocycles. The second-order valence-electron chi connectivity index (χ2n) is 4.86. The molecule has 5 nitrogen and oxygen atoms in total. The number of carbonyl (C=O) groups excluding carboxylic acids is 1. The summed E-state index contributed by atoms with van der Waals surface area (Å²) in [6, 6.07) is 5.48. The summed E-state index contributed by atoms with van der Waals surface area (Å²) in [5, 5.41) is 8.96. The number of carboxylic acids is 1. The lowest BCUT2D eigenvalue weighted by molar-refractivity contribution is -0.137. The standard InChI is InChI=1S/C14H19IN2O3/c1-10-5-4-6-11(13(10)15)14(20)17(9-12(18)19)8-7-16(2)3/h4-6H,7-9H2,1-3H3,(H,18,19). The fourth-order valence-corrected chi connectivity index (χ4v) is 2.31. The first-order valence-electron chi connectivity index (χ1n) is 6.24. The van der Waals surface area contributed by atoms with Gasteiger partial charge in [0.1, 0.15) is 6.54 Å². The van der Waals surface area contributed by atoms with Crippen molar-refractivity contribution in [3.63, 3.8) is 0 Å². The zero-order chi connectivity index (χ0) is 15.3. The van der Waals surface area contributed by atoms with Gasteiger partial charge in [-0.3, -0.25) is 9.59 Å². The number of aliphatic carboxylic acids is 1. The Kier molecular flexibility index (Phi) is 6.41. The molecule has 0 aliphatic heterocycles. The Hall–Kier alpha value is -1.15. The van der Waals surface area contributed by atoms with Crippen LogP contribution in [-0.2, 0) is 4.79 Å². The van der Waals surface area contributed by atoms with Crippen molar-refractivity contribution >= 4 is 34.5 Å². The van der Waals surface area contributed by atoms with E-state index < -0.39 is 5.97 Å². The topological polar surface area (TPSA) is 60.9 Å². The molecule has 0 heterocycles. The maximum atomic E-state index is 12.5. The van der Waals surface area contributed by atoms with E-state index in [0.29, 0.717) is 18.7 Å². The molecule has 1 amide bonds. The van der Waals surface area contributed by atoms with Crippen LogP contribution in [0, 0.1) is 10.5 Å². The van der Waals surface area contributed by atoms with Gasteiger partial charge in [0.05, 0.1) is 5.56 Å². The van der Waals surface area contributed by atoms with Crippen molar-refractivity contribution in [2.45, 2.75) is 6.92 Å². The number of carboxylic acid groups (broad SMARTS) is 1. The summed E-state index contributed by atoms with van der Waals surface area (Å²) < 4.78 is 0.871. The second-order valence-corrected chi connectivity index (χ2v) is 5.94. The number of carbonyl (C=O) groups is 2. The van der Waals surface area contributed by atoms with E-state index in [2.05, 4.69) is 22.6 Å². The zero-order valence-electron chi connectivity index (χ0n) is 11.9. The van der Waals surface area contributed by atoms with Crippen LogP contribution in [0.4, 0.5) is 0 Å². The van der Waals surface area contributed by atoms with Gasteiger partial charge in [0.15, 0.2) is 0 Å². The van der Waals surface area contributed by atoms with Crippen molar-refractivity contribution < 1.29 is 14.7 Å². The Balaban J connectivity index is 2.97. The largest absolute Gasteiger partial charge is 0.480 e. The van der Waals surface area contributed by atoms with Gasteiger partial charge in [-0.25, -0.2) is 0 Å². The van der Waals surface area contributed by atoms with Crippen molar-refractivity contribution in [3.05, 3.63) is 32.9 Å². The molecular weight excluding hydrogens is 371 g/mol. The predicted molar refractivity (Wildman–Crippen MR) is 86.0 cm³/mol. The third-order valence-electron chi connectivity index (χ3n) is 2.85. The highest BCUT2D eigenvalue weighted by atomic mass is 127. The van der Waals surface area contributed by atoms with Crippen LogP contribution >= 0.6 is 22.6 Å². The van der Waals surface area contributed by atoms with Gasteiger partial charge < -0.3 is 14.9 Å². The monoisotopic (exact) mass is 390 g/mol. The van der Waals surface area contributed by atoms with E-state index in [1.54, 1.807) is 6.07 Å². The molecule has 0 aliphatic carbocycles. The van der Waals surface area contributed by atoms with Crippen molar-refractivity contribution in [1.29, 1.82) is 0 Å². The smallest absolute Gasteiger partial charge is 0.323 e. The minimum atomic E-state index is -1.00. The van der Waals surface area contributed by atoms with Crippen LogP contribution in [0.15, 0.2) is 18.2 Å². The van der Waals surface area contributed by atoms with E-state index in [-0.39, 0.29) is 12.5 Å². The Morgan fingerprint density at radius 3 is 2.45 bits per heavy atom. The molecule has 0 fully saturated rings. The molecule has 0 aliphatic rings. The lowest BCUT2D eigenvalue weighted by Crippen LogP contribution is -2.40. The molecular formula is C14H19IN2O3. The Bertz CT molecular complexity index is 503. The Morgan fingerprint density at radius 2 is 1.90 bits per heavy atom. The van der Waals surface area contributed by atoms with Crippen LogP contribution in [0.1, 0.15) is 15.9 Å². The van der Waals surface area contributed by atoms with Gasteiger partial charge in [0.25, 0.3) is 5.91 Å². The molecule has 0 radical (unpaired) electrons. The summed E-state index contributed by atoms with van der Waals surface area (Å²) in [4.78, 5) is 26.7. The molecule has 6 heteroatoms. The van der Waals surface area contributed by atoms with Crippen LogP contribution in [0.2, 0.25) is 0 Å². The average Bonchev–Trinajstić information content (AvgIpc) is 2.36. The molecule has 0 spiro atoms. The summed E-state index contributed by atoms with van der Waals surface area (Å²) >= 11 is 2.12. The first-order valence-corrected chi connectivity index (χ1v) is 7.31. The van der Waals surface area contributed by atoms with Gasteiger partial charge in [-0.15, -0.1) is 0 Å². The maximum Gasteiger partial charge on any atom is 0.323 e. The normalized spacial score (nSPS) is 10.7. The lowest BCUT2D eigenvalue weighted by Gasteiger charge is -2.23. The minimum Gasteiger partial charge on any atom is -0.480 e. The van der Waals surface area contributed by atoms with Crippen molar-refractivity contribution in [1.82, 2.24) is 9.80 Å². The van der Waals surface area contributed by atoms with Crippen LogP contribution in [-0.4, -0.2) is 60.5 Å². The van der Waals surface area contributed by atoms with Gasteiger partial charge >= 0.3 is 5.97 Å². The molecule has 1 rings (SSSR count). The fraction of sp³-hybridized carbons (Fsp3) is 0.429. The van der Waals surface area contributed by atoms with Gasteiger partial charge in [-0.05, 0) is 55.2 Å². The number of nitrogens with zero attached hydrogens (tertiary/aromatic N) is 2. The molecule has 1 aromatic rings. The number of rotatable bonds is 6. The number of hydrogen-bond acceptors (Lipinski definition) is 3. The van der Waals surface area contributed by atoms with Gasteiger partial charge in [0.2, 0.25) is 0 Å². The van der Waals surface area contributed by atoms with Crippen LogP contribution in [0.25, 0.3) is 0 Å². The van der Waals surface area contributed by atoms with E-state index in [4.69, 9.17) is 5.11 Å². The molecule has 0 atom stereocenters. The summed E-state index contributed by atoms with van der Waals surface area (Å²) in [6.45, 7) is 2.67. The quantitative estimate of drug-likeness (QED) is 0.752. The number of halogens is 1. The highest BCUT2D eigenvalue weighted by molar-refractivity contribution is 14.1. The predicted octanol–water partition coefficient (Wildman–Crippen LogP) is 1.69. The van der Waals surface area contributed by atoms with E-state index in [1.807, 2.05) is 38.1 Å². The SMILES string of the molecule is Cc1cccc(C(=O)N(CCN(C)C)CC(=O)O)c1I. The maximum absolute atomic E-state index is 12.5. The van der Waals surface area contributed by atoms with Crippen LogP contribution in [0.3, 0.4) is 0 Å². The molecule has 110 valence electrons. The molecule has 0 bridgehead atoms. The van der Waals surface area contributed by atoms with Crippen molar-refractivity contribution in [3.8, 4) is 0 Å². The minimum absolute atomic E-state index is 0.234. The van der Waals surface area contributed by atoms with Gasteiger partial charge in [-0.2, -0.15) is 0 Å². The lowest BCUT2D eigenvalue weighted by atomic mass is 10.1. The highest BCUT2D eigenvalue weighted by Gasteiger charge is 2.21. The van der Waals surface area contributed by atoms with Crippen LogP contribution in [0.5, 0.6) is 0 Å². The number of likely N-dealkylation sites (N-methyl/N-ethyl adjacent to an activating group) is 1. The molecule has 1 aromatic carbocycles. The second kappa shape index (κ2) is 7.58. The summed E-state index contributed by atoms with van der Waals surface area (Å²) in [5.41, 5.74) is 1.57. The summed E-state index contributed by atoms with van der Waals surface area (Å²) in [6.07, 6.45) is 0. The third kappa shape index (κ3) is 4.75. The van der Waals surface area contributed by atoms with Crippen molar-refractivity contribution in [2.75, 3.05) is 33.7 Å². The molecule has 0 saturated carbocycles. The number of benzene rings is 1.